The summed E-state index contributed by atoms with van der Waals surface area (Å²) in [5.74, 6) is -4.66. The summed E-state index contributed by atoms with van der Waals surface area (Å²) in [5, 5.41) is 0. The number of rotatable bonds is 8. The molecule has 10 atom stereocenters. The zero-order chi connectivity index (χ0) is 64.3. The van der Waals surface area contributed by atoms with Gasteiger partial charge in [0.15, 0.2) is 11.6 Å². The molecule has 6 heterocycles. The predicted molar refractivity (Wildman–Crippen MR) is 324 cm³/mol. The van der Waals surface area contributed by atoms with Crippen LogP contribution in [0, 0.1) is 40.2 Å². The topological polar surface area (TPSA) is 288 Å². The fraction of sp³-hybridized carbons (Fsp3) is 0.631. The number of amides is 6. The summed E-state index contributed by atoms with van der Waals surface area (Å²) in [5.41, 5.74) is 6.05. The van der Waals surface area contributed by atoms with Gasteiger partial charge in [0.1, 0.15) is 33.9 Å². The molecule has 4 saturated carbocycles. The zero-order valence-electron chi connectivity index (χ0n) is 52.4. The second kappa shape index (κ2) is 26.7. The first kappa shape index (κ1) is 68.3. The molecule has 4 aliphatic carbocycles. The number of ether oxygens (including phenoxy) is 2. The Bertz CT molecular complexity index is 3320. The molecule has 0 radical (unpaired) electrons. The number of fused-ring (bicyclic) bond motifs is 6. The van der Waals surface area contributed by atoms with Crippen molar-refractivity contribution >= 4 is 67.4 Å². The number of hydrogen-bond acceptors (Lipinski definition) is 15. The van der Waals surface area contributed by atoms with E-state index < -0.39 is 112 Å². The Morgan fingerprint density at radius 1 is 0.637 bits per heavy atom. The van der Waals surface area contributed by atoms with Gasteiger partial charge in [0, 0.05) is 61.2 Å². The minimum Gasteiger partial charge on any atom is -0.545 e. The van der Waals surface area contributed by atoms with Gasteiger partial charge in [-0.25, -0.2) is 35.2 Å². The first-order valence-electron chi connectivity index (χ1n) is 31.9. The van der Waals surface area contributed by atoms with Gasteiger partial charge >= 0.3 is 41.7 Å². The molecule has 2 aromatic rings. The number of Topliss-reactive ketones (excluding diaryl/α,β-unsaturated/α-hetero) is 2. The van der Waals surface area contributed by atoms with Gasteiger partial charge in [0.25, 0.3) is 0 Å². The first-order valence-corrected chi connectivity index (χ1v) is 34.9. The number of nitrogens with one attached hydrogen (secondary N) is 1. The van der Waals surface area contributed by atoms with Crippen LogP contribution in [-0.2, 0) is 84.5 Å². The molecule has 0 bridgehead atoms. The van der Waals surface area contributed by atoms with E-state index >= 15 is 0 Å². The van der Waals surface area contributed by atoms with Crippen molar-refractivity contribution in [3.05, 3.63) is 99.3 Å². The SMILES string of the molecule is CC1(S(=O)(=O)NC(=O)[C@]23CC(=O)[C@@H]4C[C@@H](OC(=O)N5Cc6cccc(F)c6C5)CN4C(=O)[C@@H](N)CCCCC/C=C\[C@@H]2C3)CC1.C[C@H]1CCCCC/C=C\[C@@H]2C[C@@]2(C(=O)[N-]S(=O)(=O)C2(C)CC2)CC(=O)[C@@H]2C[C@@H](OC(=O)N3Cc4cccc(F)c4C3)CN2C1=O.[Na+]. The minimum atomic E-state index is -4.03. The normalized spacial score (nSPS) is 31.6. The molecule has 12 rings (SSSR count). The first-order chi connectivity index (χ1) is 42.7. The fourth-order valence-corrected chi connectivity index (χ4v) is 16.5. The van der Waals surface area contributed by atoms with Crippen LogP contribution in [0.1, 0.15) is 171 Å². The largest absolute Gasteiger partial charge is 1.00 e. The maximum atomic E-state index is 14.3. The summed E-state index contributed by atoms with van der Waals surface area (Å²) in [7, 11) is -7.94. The monoisotopic (exact) mass is 1310 g/mol. The molecular formula is C65H82F2N7NaO14S2. The zero-order valence-corrected chi connectivity index (χ0v) is 56.0. The molecule has 26 heteroatoms. The van der Waals surface area contributed by atoms with Crippen molar-refractivity contribution < 1.29 is 103 Å². The Morgan fingerprint density at radius 2 is 1.11 bits per heavy atom. The molecule has 0 unspecified atom stereocenters. The number of nitrogens with zero attached hydrogens (tertiary/aromatic N) is 5. The maximum Gasteiger partial charge on any atom is 1.00 e. The number of benzene rings is 2. The van der Waals surface area contributed by atoms with Crippen molar-refractivity contribution in [2.75, 3.05) is 13.1 Å². The molecule has 3 N–H and O–H groups in total. The summed E-state index contributed by atoms with van der Waals surface area (Å²) in [6, 6.07) is 6.61. The van der Waals surface area contributed by atoms with E-state index in [4.69, 9.17) is 15.2 Å². The molecule has 488 valence electrons. The molecule has 6 amide bonds. The third-order valence-electron chi connectivity index (χ3n) is 20.8. The molecule has 0 spiro atoms. The van der Waals surface area contributed by atoms with Crippen molar-refractivity contribution in [2.24, 2.45) is 34.3 Å². The van der Waals surface area contributed by atoms with Crippen molar-refractivity contribution in [3.8, 4) is 0 Å². The molecular weight excluding hydrogens is 1230 g/mol. The number of halogens is 2. The van der Waals surface area contributed by atoms with E-state index in [9.17, 15) is 64.0 Å². The average Bonchev–Trinajstić information content (AvgIpc) is 1.57. The van der Waals surface area contributed by atoms with Crippen molar-refractivity contribution in [2.45, 2.75) is 215 Å². The average molecular weight is 1310 g/mol. The van der Waals surface area contributed by atoms with Crippen LogP contribution in [0.4, 0.5) is 18.4 Å². The summed E-state index contributed by atoms with van der Waals surface area (Å²) in [6.07, 6.45) is 14.7. The van der Waals surface area contributed by atoms with Crippen LogP contribution in [0.3, 0.4) is 0 Å². The quantitative estimate of drug-likeness (QED) is 0.253. The van der Waals surface area contributed by atoms with E-state index in [-0.39, 0.29) is 130 Å². The summed E-state index contributed by atoms with van der Waals surface area (Å²) in [6.45, 7) is 5.50. The second-order valence-corrected chi connectivity index (χ2v) is 31.8. The van der Waals surface area contributed by atoms with Crippen LogP contribution in [0.25, 0.3) is 4.72 Å². The van der Waals surface area contributed by atoms with E-state index in [1.165, 1.54) is 31.7 Å². The van der Waals surface area contributed by atoms with E-state index in [0.29, 0.717) is 73.6 Å². The Morgan fingerprint density at radius 3 is 1.62 bits per heavy atom. The van der Waals surface area contributed by atoms with E-state index in [0.717, 1.165) is 51.4 Å². The number of ketones is 2. The molecule has 2 saturated heterocycles. The molecule has 2 aromatic carbocycles. The Balaban J connectivity index is 0.000000198. The number of sulfonamides is 2. The van der Waals surface area contributed by atoms with Crippen LogP contribution in [-0.4, -0.2) is 137 Å². The maximum absolute atomic E-state index is 14.3. The molecule has 6 fully saturated rings. The van der Waals surface area contributed by atoms with Gasteiger partial charge < -0.3 is 34.5 Å². The Hall–Kier alpha value is -5.60. The standard InChI is InChI=1S/C33H42FN3O7S.C32H41FN4O7S.Na/c1-21-9-6-4-3-5-7-11-23-16-33(23,30(40)35-45(42,43)32(2)13-14-32)17-28(38)27-15-24(19-37(27)29(21)39)44-31(41)36-18-22-10-8-12-26(34)25(22)20-36;1-31(12-13-31)45(42,43)35-29(40)32-15-21(32)9-5-3-2-4-6-11-25(34)28(39)37-18-22(14-26(37)27(38)16-32)44-30(41)36-17-20-8-7-10-24(33)23(20)19-36;/h7-8,10-12,21,23-24,27H,3-6,9,13-20H2,1-2H3,(H,35,40);5,7-10,21-22,25-26H,2-4,6,11-19,34H2,1H3,(H,35,40);/q;;+1/p-1/b11-7-;9-5-;/t21-,23+,24+,27-,33+;21-,22-,25+,26+,32-;/m01./s1. The van der Waals surface area contributed by atoms with E-state index in [1.807, 2.05) is 31.2 Å². The Kier molecular flexibility index (Phi) is 20.0. The second-order valence-electron chi connectivity index (χ2n) is 27.5. The molecule has 91 heavy (non-hydrogen) atoms. The smallest absolute Gasteiger partial charge is 0.545 e. The van der Waals surface area contributed by atoms with Crippen LogP contribution < -0.4 is 40.0 Å². The van der Waals surface area contributed by atoms with Gasteiger partial charge in [-0.1, -0.05) is 81.2 Å². The van der Waals surface area contributed by atoms with Crippen LogP contribution in [0.5, 0.6) is 0 Å². The number of nitrogens with two attached hydrogens (primary N) is 1. The van der Waals surface area contributed by atoms with Gasteiger partial charge in [0.2, 0.25) is 27.7 Å². The van der Waals surface area contributed by atoms with Gasteiger partial charge in [-0.05, 0) is 126 Å². The third-order valence-corrected chi connectivity index (χ3v) is 25.1. The molecule has 21 nitrogen and oxygen atoms in total. The van der Waals surface area contributed by atoms with Crippen LogP contribution in [0.15, 0.2) is 60.7 Å². The number of carbonyl (C=O) groups excluding carboxylic acids is 8. The van der Waals surface area contributed by atoms with Gasteiger partial charge in [-0.15, -0.1) is 0 Å². The molecule has 6 aliphatic heterocycles. The van der Waals surface area contributed by atoms with Crippen molar-refractivity contribution in [3.63, 3.8) is 0 Å². The van der Waals surface area contributed by atoms with E-state index in [2.05, 4.69) is 9.44 Å². The van der Waals surface area contributed by atoms with E-state index in [1.54, 1.807) is 38.1 Å². The van der Waals surface area contributed by atoms with Gasteiger partial charge in [-0.2, -0.15) is 0 Å². The molecule has 0 aromatic heterocycles. The van der Waals surface area contributed by atoms with Crippen molar-refractivity contribution in [1.29, 1.82) is 0 Å². The summed E-state index contributed by atoms with van der Waals surface area (Å²) < 4.78 is 95.8. The van der Waals surface area contributed by atoms with Crippen molar-refractivity contribution in [1.82, 2.24) is 24.3 Å². The number of allylic oxidation sites excluding steroid dienone is 4. The van der Waals surface area contributed by atoms with Crippen LogP contribution >= 0.6 is 0 Å². The fourth-order valence-electron chi connectivity index (χ4n) is 13.9. The number of hydrogen-bond donors (Lipinski definition) is 2. The predicted octanol–water partition coefficient (Wildman–Crippen LogP) is 5.21. The van der Waals surface area contributed by atoms with Gasteiger partial charge in [-0.3, -0.25) is 38.5 Å². The Labute approximate surface area is 553 Å². The minimum absolute atomic E-state index is 0. The van der Waals surface area contributed by atoms with Gasteiger partial charge in [0.05, 0.1) is 65.1 Å². The van der Waals surface area contributed by atoms with Crippen LogP contribution in [0.2, 0.25) is 0 Å². The third kappa shape index (κ3) is 14.3. The summed E-state index contributed by atoms with van der Waals surface area (Å²) >= 11 is 0. The number of carbonyl (C=O) groups is 8. The summed E-state index contributed by atoms with van der Waals surface area (Å²) in [4.78, 5) is 114. The molecule has 10 aliphatic rings.